The first-order valence-corrected chi connectivity index (χ1v) is 10.3. The molecule has 152 valence electrons. The van der Waals surface area contributed by atoms with Crippen LogP contribution in [0.5, 0.6) is 5.75 Å². The number of carbonyl (C=O) groups excluding carboxylic acids is 1. The van der Waals surface area contributed by atoms with Gasteiger partial charge >= 0.3 is 5.97 Å². The Morgan fingerprint density at radius 2 is 1.78 bits per heavy atom. The molecule has 1 aliphatic carbocycles. The zero-order valence-corrected chi connectivity index (χ0v) is 16.5. The number of hydrogen-bond acceptors (Lipinski definition) is 3. The third-order valence-electron chi connectivity index (χ3n) is 5.41. The van der Waals surface area contributed by atoms with Gasteiger partial charge in [-0.25, -0.2) is 8.78 Å². The number of alkyl halides is 2. The monoisotopic (exact) mass is 382 g/mol. The average Bonchev–Trinajstić information content (AvgIpc) is 2.67. The van der Waals surface area contributed by atoms with E-state index in [0.29, 0.717) is 6.61 Å². The topological polar surface area (TPSA) is 35.5 Å². The second kappa shape index (κ2) is 11.3. The molecular weight excluding hydrogens is 350 g/mol. The van der Waals surface area contributed by atoms with Crippen LogP contribution in [-0.2, 0) is 9.53 Å². The molecule has 1 aliphatic rings. The molecule has 0 saturated heterocycles. The fourth-order valence-electron chi connectivity index (χ4n) is 4.03. The summed E-state index contributed by atoms with van der Waals surface area (Å²) in [5.41, 5.74) is 0.781. The van der Waals surface area contributed by atoms with Crippen molar-refractivity contribution in [1.29, 1.82) is 0 Å². The van der Waals surface area contributed by atoms with Crippen molar-refractivity contribution in [2.75, 3.05) is 13.2 Å². The smallest absolute Gasteiger partial charge is 0.315 e. The Bertz CT molecular complexity index is 553. The van der Waals surface area contributed by atoms with Gasteiger partial charge in [0.2, 0.25) is 0 Å². The molecule has 1 aromatic rings. The summed E-state index contributed by atoms with van der Waals surface area (Å²) in [6.07, 6.45) is 4.23. The van der Waals surface area contributed by atoms with Crippen LogP contribution >= 0.6 is 0 Å². The molecule has 0 bridgehead atoms. The van der Waals surface area contributed by atoms with Crippen LogP contribution in [0.15, 0.2) is 24.3 Å². The molecule has 0 aliphatic heterocycles. The van der Waals surface area contributed by atoms with Gasteiger partial charge in [-0.2, -0.15) is 0 Å². The summed E-state index contributed by atoms with van der Waals surface area (Å²) in [6, 6.07) is 7.34. The summed E-state index contributed by atoms with van der Waals surface area (Å²) in [5, 5.41) is 0. The lowest BCUT2D eigenvalue weighted by Gasteiger charge is -2.35. The van der Waals surface area contributed by atoms with Crippen molar-refractivity contribution in [3.05, 3.63) is 29.8 Å². The van der Waals surface area contributed by atoms with E-state index in [-0.39, 0.29) is 12.5 Å². The van der Waals surface area contributed by atoms with Gasteiger partial charge in [-0.1, -0.05) is 44.7 Å². The fourth-order valence-corrected chi connectivity index (χ4v) is 4.03. The Hall–Kier alpha value is -1.65. The lowest BCUT2D eigenvalue weighted by molar-refractivity contribution is -0.156. The highest BCUT2D eigenvalue weighted by Crippen LogP contribution is 2.43. The number of unbranched alkanes of at least 4 members (excludes halogenated alkanes) is 1. The van der Waals surface area contributed by atoms with Crippen LogP contribution in [-0.4, -0.2) is 25.6 Å². The van der Waals surface area contributed by atoms with Crippen LogP contribution < -0.4 is 4.74 Å². The highest BCUT2D eigenvalue weighted by atomic mass is 19.3. The summed E-state index contributed by atoms with van der Waals surface area (Å²) in [4.78, 5) is 12.4. The van der Waals surface area contributed by atoms with Gasteiger partial charge in [-0.05, 0) is 49.8 Å². The van der Waals surface area contributed by atoms with Crippen LogP contribution in [0.4, 0.5) is 8.78 Å². The maximum absolute atomic E-state index is 13.9. The van der Waals surface area contributed by atoms with Crippen LogP contribution in [0.1, 0.15) is 70.3 Å². The van der Waals surface area contributed by atoms with Crippen LogP contribution in [0.25, 0.3) is 0 Å². The summed E-state index contributed by atoms with van der Waals surface area (Å²) in [5.74, 6) is -1.91. The third kappa shape index (κ3) is 6.18. The van der Waals surface area contributed by atoms with E-state index in [9.17, 15) is 13.6 Å². The molecule has 27 heavy (non-hydrogen) atoms. The van der Waals surface area contributed by atoms with E-state index >= 15 is 0 Å². The van der Waals surface area contributed by atoms with Gasteiger partial charge in [0.25, 0.3) is 6.43 Å². The fraction of sp³-hybridized carbons (Fsp3) is 0.682. The zero-order chi connectivity index (χ0) is 19.6. The normalized spacial score (nSPS) is 17.5. The minimum atomic E-state index is -2.74. The summed E-state index contributed by atoms with van der Waals surface area (Å²) < 4.78 is 38.5. The van der Waals surface area contributed by atoms with Gasteiger partial charge < -0.3 is 9.47 Å². The van der Waals surface area contributed by atoms with Gasteiger partial charge in [0.1, 0.15) is 11.7 Å². The van der Waals surface area contributed by atoms with Crippen LogP contribution in [0.2, 0.25) is 0 Å². The van der Waals surface area contributed by atoms with Crippen LogP contribution in [0, 0.1) is 11.8 Å². The molecule has 0 N–H and O–H groups in total. The summed E-state index contributed by atoms with van der Waals surface area (Å²) in [6.45, 7) is 4.51. The quantitative estimate of drug-likeness (QED) is 0.369. The predicted octanol–water partition coefficient (Wildman–Crippen LogP) is 5.97. The van der Waals surface area contributed by atoms with E-state index in [1.54, 1.807) is 6.92 Å². The van der Waals surface area contributed by atoms with Crippen molar-refractivity contribution in [3.63, 3.8) is 0 Å². The highest BCUT2D eigenvalue weighted by Gasteiger charge is 2.42. The van der Waals surface area contributed by atoms with Gasteiger partial charge in [-0.3, -0.25) is 4.79 Å². The Balaban J connectivity index is 2.26. The Morgan fingerprint density at radius 3 is 2.33 bits per heavy atom. The summed E-state index contributed by atoms with van der Waals surface area (Å²) >= 11 is 0. The number of halogens is 2. The second-order valence-electron chi connectivity index (χ2n) is 7.31. The van der Waals surface area contributed by atoms with Gasteiger partial charge in [0.05, 0.1) is 13.2 Å². The summed E-state index contributed by atoms with van der Waals surface area (Å²) in [7, 11) is 0. The van der Waals surface area contributed by atoms with Gasteiger partial charge in [-0.15, -0.1) is 0 Å². The van der Waals surface area contributed by atoms with Gasteiger partial charge in [0, 0.05) is 5.92 Å². The Labute approximate surface area is 161 Å². The van der Waals surface area contributed by atoms with Gasteiger partial charge in [0.15, 0.2) is 0 Å². The second-order valence-corrected chi connectivity index (χ2v) is 7.31. The predicted molar refractivity (Wildman–Crippen MR) is 102 cm³/mol. The van der Waals surface area contributed by atoms with Crippen molar-refractivity contribution < 1.29 is 23.0 Å². The number of rotatable bonds is 10. The van der Waals surface area contributed by atoms with E-state index in [0.717, 1.165) is 56.3 Å². The van der Waals surface area contributed by atoms with E-state index in [1.165, 1.54) is 0 Å². The molecule has 1 aromatic carbocycles. The molecule has 1 saturated carbocycles. The number of carbonyl (C=O) groups is 1. The SMILES string of the molecule is CCCCOc1ccc(C(C2CCCCC2)C(C(=O)OCC)C(F)F)cc1. The molecule has 1 fully saturated rings. The number of esters is 1. The number of hydrogen-bond donors (Lipinski definition) is 0. The lowest BCUT2D eigenvalue weighted by atomic mass is 9.71. The Kier molecular flexibility index (Phi) is 9.02. The number of benzene rings is 1. The molecule has 2 unspecified atom stereocenters. The minimum absolute atomic E-state index is 0.0778. The zero-order valence-electron chi connectivity index (χ0n) is 16.5. The third-order valence-corrected chi connectivity index (χ3v) is 5.41. The molecule has 0 amide bonds. The van der Waals surface area contributed by atoms with E-state index < -0.39 is 24.2 Å². The molecule has 0 radical (unpaired) electrons. The van der Waals surface area contributed by atoms with Crippen molar-refractivity contribution in [2.45, 2.75) is 71.1 Å². The molecule has 0 spiro atoms. The molecule has 0 aromatic heterocycles. The molecule has 5 heteroatoms. The lowest BCUT2D eigenvalue weighted by Crippen LogP contribution is -2.35. The molecule has 2 atom stereocenters. The minimum Gasteiger partial charge on any atom is -0.494 e. The standard InChI is InChI=1S/C22H32F2O3/c1-3-5-15-27-18-13-11-17(12-14-18)19(16-9-7-6-8-10-16)20(21(23)24)22(25)26-4-2/h11-14,16,19-21H,3-10,15H2,1-2H3. The highest BCUT2D eigenvalue weighted by molar-refractivity contribution is 5.74. The maximum Gasteiger partial charge on any atom is 0.315 e. The van der Waals surface area contributed by atoms with Crippen molar-refractivity contribution in [3.8, 4) is 5.75 Å². The molecule has 2 rings (SSSR count). The van der Waals surface area contributed by atoms with Crippen molar-refractivity contribution in [1.82, 2.24) is 0 Å². The largest absolute Gasteiger partial charge is 0.494 e. The van der Waals surface area contributed by atoms with Crippen molar-refractivity contribution >= 4 is 5.97 Å². The van der Waals surface area contributed by atoms with E-state index in [1.807, 2.05) is 24.3 Å². The molecule has 3 nitrogen and oxygen atoms in total. The number of ether oxygens (including phenoxy) is 2. The Morgan fingerprint density at radius 1 is 1.11 bits per heavy atom. The maximum atomic E-state index is 13.9. The first-order chi connectivity index (χ1) is 13.1. The first kappa shape index (κ1) is 21.6. The first-order valence-electron chi connectivity index (χ1n) is 10.3. The average molecular weight is 382 g/mol. The van der Waals surface area contributed by atoms with Crippen LogP contribution in [0.3, 0.4) is 0 Å². The van der Waals surface area contributed by atoms with Crippen molar-refractivity contribution in [2.24, 2.45) is 11.8 Å². The molecule has 0 heterocycles. The molecular formula is C22H32F2O3. The van der Waals surface area contributed by atoms with E-state index in [4.69, 9.17) is 9.47 Å². The van der Waals surface area contributed by atoms with E-state index in [2.05, 4.69) is 6.92 Å².